The summed E-state index contributed by atoms with van der Waals surface area (Å²) in [7, 11) is 1.58. The molecule has 1 aromatic heterocycles. The summed E-state index contributed by atoms with van der Waals surface area (Å²) >= 11 is 3.17. The second-order valence-corrected chi connectivity index (χ2v) is 6.90. The molecule has 0 radical (unpaired) electrons. The van der Waals surface area contributed by atoms with Crippen molar-refractivity contribution in [3.05, 3.63) is 88.0 Å². The van der Waals surface area contributed by atoms with Gasteiger partial charge in [0.25, 0.3) is 11.8 Å². The molecule has 3 rings (SSSR count). The van der Waals surface area contributed by atoms with E-state index in [0.717, 1.165) is 5.56 Å². The second-order valence-electron chi connectivity index (χ2n) is 6.12. The molecule has 2 amide bonds. The van der Waals surface area contributed by atoms with Crippen LogP contribution in [0.5, 0.6) is 0 Å². The predicted octanol–water partition coefficient (Wildman–Crippen LogP) is 4.43. The Morgan fingerprint density at radius 1 is 1.11 bits per heavy atom. The summed E-state index contributed by atoms with van der Waals surface area (Å²) in [6, 6.07) is 16.3. The normalized spacial score (nSPS) is 10.5. The van der Waals surface area contributed by atoms with Crippen molar-refractivity contribution in [2.24, 2.45) is 0 Å². The Kier molecular flexibility index (Phi) is 6.26. The van der Waals surface area contributed by atoms with Gasteiger partial charge in [-0.05, 0) is 64.3 Å². The number of nitrogens with one attached hydrogen (secondary N) is 1. The SMILES string of the molecule is CN(C(=O)c1ccc(Br)o1)c1ccccc1C(=O)NCCc1cccc(F)c1. The maximum atomic E-state index is 13.2. The molecule has 0 bridgehead atoms. The molecular weight excluding hydrogens is 427 g/mol. The molecule has 0 fully saturated rings. The van der Waals surface area contributed by atoms with Gasteiger partial charge in [0.05, 0.1) is 11.3 Å². The Labute approximate surface area is 170 Å². The molecule has 1 N–H and O–H groups in total. The Morgan fingerprint density at radius 2 is 1.89 bits per heavy atom. The number of carbonyl (C=O) groups excluding carboxylic acids is 2. The molecule has 0 atom stereocenters. The van der Waals surface area contributed by atoms with Crippen LogP contribution in [0.2, 0.25) is 0 Å². The van der Waals surface area contributed by atoms with Gasteiger partial charge in [-0.25, -0.2) is 4.39 Å². The topological polar surface area (TPSA) is 62.6 Å². The van der Waals surface area contributed by atoms with E-state index in [4.69, 9.17) is 4.42 Å². The minimum atomic E-state index is -0.370. The van der Waals surface area contributed by atoms with Crippen molar-refractivity contribution >= 4 is 33.4 Å². The van der Waals surface area contributed by atoms with Gasteiger partial charge in [0, 0.05) is 13.6 Å². The predicted molar refractivity (Wildman–Crippen MR) is 108 cm³/mol. The van der Waals surface area contributed by atoms with Gasteiger partial charge < -0.3 is 14.6 Å². The van der Waals surface area contributed by atoms with E-state index in [9.17, 15) is 14.0 Å². The zero-order valence-corrected chi connectivity index (χ0v) is 16.7. The van der Waals surface area contributed by atoms with Crippen molar-refractivity contribution in [1.29, 1.82) is 0 Å². The number of furan rings is 1. The number of carbonyl (C=O) groups is 2. The molecular formula is C21H18BrFN2O3. The lowest BCUT2D eigenvalue weighted by molar-refractivity contribution is 0.0954. The van der Waals surface area contributed by atoms with Crippen molar-refractivity contribution in [2.45, 2.75) is 6.42 Å². The first-order valence-corrected chi connectivity index (χ1v) is 9.40. The largest absolute Gasteiger partial charge is 0.444 e. The fourth-order valence-electron chi connectivity index (χ4n) is 2.77. The summed E-state index contributed by atoms with van der Waals surface area (Å²) in [6.45, 7) is 0.347. The molecule has 28 heavy (non-hydrogen) atoms. The number of anilines is 1. The van der Waals surface area contributed by atoms with E-state index in [1.807, 2.05) is 0 Å². The van der Waals surface area contributed by atoms with Crippen LogP contribution in [0.15, 0.2) is 69.8 Å². The van der Waals surface area contributed by atoms with Gasteiger partial charge in [0.2, 0.25) is 0 Å². The van der Waals surface area contributed by atoms with Crippen molar-refractivity contribution in [2.75, 3.05) is 18.5 Å². The summed E-state index contributed by atoms with van der Waals surface area (Å²) in [5, 5.41) is 2.81. The fraction of sp³-hybridized carbons (Fsp3) is 0.143. The summed E-state index contributed by atoms with van der Waals surface area (Å²) < 4.78 is 19.0. The molecule has 0 saturated heterocycles. The highest BCUT2D eigenvalue weighted by molar-refractivity contribution is 9.10. The molecule has 7 heteroatoms. The van der Waals surface area contributed by atoms with Gasteiger partial charge in [-0.15, -0.1) is 0 Å². The van der Waals surface area contributed by atoms with Crippen LogP contribution in [0.4, 0.5) is 10.1 Å². The molecule has 0 unspecified atom stereocenters. The van der Waals surface area contributed by atoms with Crippen LogP contribution in [0.1, 0.15) is 26.5 Å². The molecule has 144 valence electrons. The maximum Gasteiger partial charge on any atom is 0.293 e. The van der Waals surface area contributed by atoms with Crippen LogP contribution in [0.3, 0.4) is 0 Å². The zero-order valence-electron chi connectivity index (χ0n) is 15.1. The van der Waals surface area contributed by atoms with Crippen LogP contribution in [-0.2, 0) is 6.42 Å². The van der Waals surface area contributed by atoms with Crippen molar-refractivity contribution in [1.82, 2.24) is 5.32 Å². The highest BCUT2D eigenvalue weighted by atomic mass is 79.9. The van der Waals surface area contributed by atoms with Crippen molar-refractivity contribution in [3.8, 4) is 0 Å². The van der Waals surface area contributed by atoms with Crippen LogP contribution in [-0.4, -0.2) is 25.4 Å². The van der Waals surface area contributed by atoms with Gasteiger partial charge in [-0.3, -0.25) is 9.59 Å². The third kappa shape index (κ3) is 4.67. The van der Waals surface area contributed by atoms with E-state index in [0.29, 0.717) is 28.9 Å². The first kappa shape index (κ1) is 19.8. The van der Waals surface area contributed by atoms with E-state index in [1.165, 1.54) is 17.0 Å². The average Bonchev–Trinajstić information content (AvgIpc) is 3.13. The third-order valence-electron chi connectivity index (χ3n) is 4.19. The van der Waals surface area contributed by atoms with Gasteiger partial charge in [-0.1, -0.05) is 24.3 Å². The molecule has 0 aliphatic carbocycles. The third-order valence-corrected chi connectivity index (χ3v) is 4.61. The molecule has 1 heterocycles. The van der Waals surface area contributed by atoms with Gasteiger partial charge in [0.15, 0.2) is 10.4 Å². The molecule has 0 spiro atoms. The smallest absolute Gasteiger partial charge is 0.293 e. The van der Waals surface area contributed by atoms with Crippen LogP contribution >= 0.6 is 15.9 Å². The lowest BCUT2D eigenvalue weighted by atomic mass is 10.1. The number of benzene rings is 2. The van der Waals surface area contributed by atoms with E-state index in [2.05, 4.69) is 21.2 Å². The van der Waals surface area contributed by atoms with Gasteiger partial charge >= 0.3 is 0 Å². The lowest BCUT2D eigenvalue weighted by Gasteiger charge is -2.19. The van der Waals surface area contributed by atoms with E-state index in [-0.39, 0.29) is 23.4 Å². The lowest BCUT2D eigenvalue weighted by Crippen LogP contribution is -2.31. The van der Waals surface area contributed by atoms with E-state index in [1.54, 1.807) is 55.6 Å². The van der Waals surface area contributed by atoms with Crippen molar-refractivity contribution in [3.63, 3.8) is 0 Å². The number of nitrogens with zero attached hydrogens (tertiary/aromatic N) is 1. The van der Waals surface area contributed by atoms with E-state index >= 15 is 0 Å². The number of hydrogen-bond acceptors (Lipinski definition) is 3. The Balaban J connectivity index is 1.70. The maximum absolute atomic E-state index is 13.2. The number of para-hydroxylation sites is 1. The number of halogens is 2. The number of amides is 2. The van der Waals surface area contributed by atoms with Crippen LogP contribution < -0.4 is 10.2 Å². The average molecular weight is 445 g/mol. The van der Waals surface area contributed by atoms with E-state index < -0.39 is 0 Å². The fourth-order valence-corrected chi connectivity index (χ4v) is 3.08. The molecule has 3 aromatic rings. The second kappa shape index (κ2) is 8.84. The molecule has 5 nitrogen and oxygen atoms in total. The first-order valence-electron chi connectivity index (χ1n) is 8.61. The minimum absolute atomic E-state index is 0.163. The zero-order chi connectivity index (χ0) is 20.1. The Bertz CT molecular complexity index is 1000. The molecule has 0 aliphatic heterocycles. The van der Waals surface area contributed by atoms with Crippen LogP contribution in [0, 0.1) is 5.82 Å². The molecule has 2 aromatic carbocycles. The molecule has 0 saturated carbocycles. The highest BCUT2D eigenvalue weighted by Crippen LogP contribution is 2.23. The van der Waals surface area contributed by atoms with Crippen LogP contribution in [0.25, 0.3) is 0 Å². The summed E-state index contributed by atoms with van der Waals surface area (Å²) in [4.78, 5) is 26.6. The monoisotopic (exact) mass is 444 g/mol. The Hall–Kier alpha value is -2.93. The summed E-state index contributed by atoms with van der Waals surface area (Å²) in [5.41, 5.74) is 1.62. The quantitative estimate of drug-likeness (QED) is 0.611. The first-order chi connectivity index (χ1) is 13.5. The van der Waals surface area contributed by atoms with Gasteiger partial charge in [0.1, 0.15) is 5.82 Å². The summed E-state index contributed by atoms with van der Waals surface area (Å²) in [5.74, 6) is -0.826. The number of hydrogen-bond donors (Lipinski definition) is 1. The number of rotatable bonds is 6. The standard InChI is InChI=1S/C21H18BrFN2O3/c1-25(21(27)18-9-10-19(22)28-18)17-8-3-2-7-16(17)20(26)24-12-11-14-5-4-6-15(23)13-14/h2-10,13H,11-12H2,1H3,(H,24,26). The Morgan fingerprint density at radius 3 is 2.61 bits per heavy atom. The summed E-state index contributed by atoms with van der Waals surface area (Å²) in [6.07, 6.45) is 0.501. The minimum Gasteiger partial charge on any atom is -0.444 e. The molecule has 0 aliphatic rings. The highest BCUT2D eigenvalue weighted by Gasteiger charge is 2.21. The van der Waals surface area contributed by atoms with Crippen molar-refractivity contribution < 1.29 is 18.4 Å². The van der Waals surface area contributed by atoms with Gasteiger partial charge in [-0.2, -0.15) is 0 Å².